The summed E-state index contributed by atoms with van der Waals surface area (Å²) in [6, 6.07) is 66.6. The maximum atomic E-state index is 4.93. The molecule has 0 radical (unpaired) electrons. The fraction of sp³-hybridized carbons (Fsp3) is 0.0200. The molecule has 0 aliphatic heterocycles. The molecular weight excluding hydrogens is 643 g/mol. The van der Waals surface area contributed by atoms with Gasteiger partial charge in [-0.3, -0.25) is 0 Å². The molecule has 1 aliphatic carbocycles. The monoisotopic (exact) mass is 675 g/mol. The molecule has 0 fully saturated rings. The number of hydrogen-bond acceptors (Lipinski definition) is 3. The lowest BCUT2D eigenvalue weighted by molar-refractivity contribution is 1.07. The summed E-state index contributed by atoms with van der Waals surface area (Å²) < 4.78 is 0. The van der Waals surface area contributed by atoms with Crippen LogP contribution in [-0.4, -0.2) is 15.0 Å². The van der Waals surface area contributed by atoms with E-state index >= 15 is 0 Å². The van der Waals surface area contributed by atoms with Crippen LogP contribution >= 0.6 is 0 Å². The van der Waals surface area contributed by atoms with E-state index in [1.165, 1.54) is 55.3 Å². The zero-order valence-corrected chi connectivity index (χ0v) is 28.9. The van der Waals surface area contributed by atoms with Crippen molar-refractivity contribution in [3.63, 3.8) is 0 Å². The van der Waals surface area contributed by atoms with Crippen LogP contribution in [0.5, 0.6) is 0 Å². The van der Waals surface area contributed by atoms with Crippen LogP contribution in [0.25, 0.3) is 89.4 Å². The zero-order valence-electron chi connectivity index (χ0n) is 28.9. The summed E-state index contributed by atoms with van der Waals surface area (Å²) in [5.74, 6) is 1.97. The maximum Gasteiger partial charge on any atom is 0.164 e. The zero-order chi connectivity index (χ0) is 35.1. The molecule has 0 spiro atoms. The highest BCUT2D eigenvalue weighted by molar-refractivity contribution is 6.05. The van der Waals surface area contributed by atoms with Gasteiger partial charge in [0.1, 0.15) is 0 Å². The first-order valence-corrected chi connectivity index (χ1v) is 18.1. The summed E-state index contributed by atoms with van der Waals surface area (Å²) in [7, 11) is 0. The Kier molecular flexibility index (Phi) is 7.54. The van der Waals surface area contributed by atoms with Gasteiger partial charge in [-0.2, -0.15) is 0 Å². The molecule has 0 N–H and O–H groups in total. The van der Waals surface area contributed by atoms with Gasteiger partial charge in [0.15, 0.2) is 17.5 Å². The minimum absolute atomic E-state index is 0.652. The Bertz CT molecular complexity index is 2720. The lowest BCUT2D eigenvalue weighted by Crippen LogP contribution is -2.00. The largest absolute Gasteiger partial charge is 0.208 e. The van der Waals surface area contributed by atoms with E-state index in [1.807, 2.05) is 60.7 Å². The van der Waals surface area contributed by atoms with E-state index in [2.05, 4.69) is 127 Å². The van der Waals surface area contributed by atoms with E-state index < -0.39 is 0 Å². The first kappa shape index (κ1) is 30.8. The smallest absolute Gasteiger partial charge is 0.164 e. The average molecular weight is 676 g/mol. The summed E-state index contributed by atoms with van der Waals surface area (Å²) in [6.07, 6.45) is 0.944. The van der Waals surface area contributed by atoms with E-state index in [0.29, 0.717) is 17.5 Å². The first-order chi connectivity index (χ1) is 26.2. The molecule has 3 nitrogen and oxygen atoms in total. The molecule has 0 amide bonds. The van der Waals surface area contributed by atoms with E-state index in [-0.39, 0.29) is 0 Å². The fourth-order valence-corrected chi connectivity index (χ4v) is 7.72. The molecule has 0 unspecified atom stereocenters. The van der Waals surface area contributed by atoms with Gasteiger partial charge >= 0.3 is 0 Å². The van der Waals surface area contributed by atoms with E-state index in [0.717, 1.165) is 34.2 Å². The van der Waals surface area contributed by atoms with E-state index in [4.69, 9.17) is 15.0 Å². The first-order valence-electron chi connectivity index (χ1n) is 18.1. The maximum absolute atomic E-state index is 4.93. The number of benzene rings is 8. The van der Waals surface area contributed by atoms with Gasteiger partial charge < -0.3 is 0 Å². The van der Waals surface area contributed by atoms with Crippen LogP contribution in [0.3, 0.4) is 0 Å². The molecule has 9 aromatic rings. The van der Waals surface area contributed by atoms with Gasteiger partial charge in [0.2, 0.25) is 0 Å². The molecular formula is C50H33N3. The van der Waals surface area contributed by atoms with Crippen molar-refractivity contribution in [2.24, 2.45) is 0 Å². The Morgan fingerprint density at radius 3 is 1.38 bits per heavy atom. The highest BCUT2D eigenvalue weighted by Gasteiger charge is 2.23. The van der Waals surface area contributed by atoms with Crippen molar-refractivity contribution in [1.29, 1.82) is 0 Å². The summed E-state index contributed by atoms with van der Waals surface area (Å²) in [4.78, 5) is 14.7. The van der Waals surface area contributed by atoms with Crippen LogP contribution in [0.1, 0.15) is 11.1 Å². The topological polar surface area (TPSA) is 38.7 Å². The SMILES string of the molecule is c1ccc(-c2ccc3c(c2)Cc2c-3cc(-c3cccc(-c4ccc(-c5nc(-c6ccccc6)nc(-c6ccccc6)n5)cc4)c3)c3ccccc23)cc1. The second kappa shape index (κ2) is 13.0. The number of aromatic nitrogens is 3. The standard InChI is InChI=1S/C50H33N3/c1-4-13-33(14-5-1)39-27-28-42-41(30-39)31-46-44-22-11-10-21-43(44)45(32-47(42)46)40-20-12-19-38(29-40)34-23-25-37(26-24-34)50-52-48(35-15-6-2-7-16-35)51-49(53-50)36-17-8-3-9-18-36/h1-30,32H,31H2. The summed E-state index contributed by atoms with van der Waals surface area (Å²) >= 11 is 0. The normalized spacial score (nSPS) is 11.7. The Labute approximate surface area is 309 Å². The molecule has 0 bridgehead atoms. The lowest BCUT2D eigenvalue weighted by Gasteiger charge is -2.14. The Balaban J connectivity index is 1.02. The molecule has 1 aromatic heterocycles. The fourth-order valence-electron chi connectivity index (χ4n) is 7.72. The molecule has 0 saturated carbocycles. The lowest BCUT2D eigenvalue weighted by atomic mass is 9.90. The third-order valence-corrected chi connectivity index (χ3v) is 10.4. The number of hydrogen-bond donors (Lipinski definition) is 0. The second-order valence-electron chi connectivity index (χ2n) is 13.6. The van der Waals surface area contributed by atoms with E-state index in [1.54, 1.807) is 0 Å². The van der Waals surface area contributed by atoms with Gasteiger partial charge in [-0.15, -0.1) is 0 Å². The third-order valence-electron chi connectivity index (χ3n) is 10.4. The minimum atomic E-state index is 0.652. The Morgan fingerprint density at radius 2 is 0.736 bits per heavy atom. The summed E-state index contributed by atoms with van der Waals surface area (Å²) in [5.41, 5.74) is 15.6. The Hall–Kier alpha value is -6.97. The van der Waals surface area contributed by atoms with Crippen molar-refractivity contribution in [3.8, 4) is 78.7 Å². The summed E-state index contributed by atoms with van der Waals surface area (Å²) in [6.45, 7) is 0. The molecule has 3 heteroatoms. The van der Waals surface area contributed by atoms with Crippen molar-refractivity contribution in [1.82, 2.24) is 15.0 Å². The highest BCUT2D eigenvalue weighted by atomic mass is 15.0. The van der Waals surface area contributed by atoms with Gasteiger partial charge in [0.05, 0.1) is 0 Å². The molecule has 10 rings (SSSR count). The van der Waals surface area contributed by atoms with Crippen molar-refractivity contribution in [2.45, 2.75) is 6.42 Å². The third kappa shape index (κ3) is 5.69. The number of rotatable bonds is 6. The minimum Gasteiger partial charge on any atom is -0.208 e. The molecule has 248 valence electrons. The van der Waals surface area contributed by atoms with Crippen LogP contribution in [0.2, 0.25) is 0 Å². The van der Waals surface area contributed by atoms with Crippen LogP contribution in [0, 0.1) is 0 Å². The Morgan fingerprint density at radius 1 is 0.283 bits per heavy atom. The van der Waals surface area contributed by atoms with E-state index in [9.17, 15) is 0 Å². The van der Waals surface area contributed by atoms with Gasteiger partial charge in [0.25, 0.3) is 0 Å². The van der Waals surface area contributed by atoms with Crippen LogP contribution < -0.4 is 0 Å². The van der Waals surface area contributed by atoms with Crippen molar-refractivity contribution >= 4 is 10.8 Å². The van der Waals surface area contributed by atoms with Crippen molar-refractivity contribution in [2.75, 3.05) is 0 Å². The van der Waals surface area contributed by atoms with Gasteiger partial charge in [0, 0.05) is 16.7 Å². The molecule has 1 heterocycles. The quantitative estimate of drug-likeness (QED) is 0.176. The molecule has 1 aliphatic rings. The molecule has 8 aromatic carbocycles. The number of nitrogens with zero attached hydrogens (tertiary/aromatic N) is 3. The van der Waals surface area contributed by atoms with Crippen LogP contribution in [0.15, 0.2) is 188 Å². The predicted molar refractivity (Wildman–Crippen MR) is 218 cm³/mol. The van der Waals surface area contributed by atoms with Crippen LogP contribution in [0.4, 0.5) is 0 Å². The summed E-state index contributed by atoms with van der Waals surface area (Å²) in [5, 5.41) is 2.61. The second-order valence-corrected chi connectivity index (χ2v) is 13.6. The van der Waals surface area contributed by atoms with Gasteiger partial charge in [-0.05, 0) is 85.0 Å². The van der Waals surface area contributed by atoms with Crippen molar-refractivity contribution in [3.05, 3.63) is 199 Å². The number of fused-ring (bicyclic) bond motifs is 5. The van der Waals surface area contributed by atoms with Crippen molar-refractivity contribution < 1.29 is 0 Å². The highest BCUT2D eigenvalue weighted by Crippen LogP contribution is 2.45. The predicted octanol–water partition coefficient (Wildman–Crippen LogP) is 12.6. The average Bonchev–Trinajstić information content (AvgIpc) is 3.62. The molecule has 0 saturated heterocycles. The molecule has 0 atom stereocenters. The molecule has 53 heavy (non-hydrogen) atoms. The van der Waals surface area contributed by atoms with Crippen LogP contribution in [-0.2, 0) is 6.42 Å². The van der Waals surface area contributed by atoms with Gasteiger partial charge in [-0.1, -0.05) is 176 Å². The van der Waals surface area contributed by atoms with Gasteiger partial charge in [-0.25, -0.2) is 15.0 Å².